The topological polar surface area (TPSA) is 57.6 Å². The van der Waals surface area contributed by atoms with Gasteiger partial charge in [0.1, 0.15) is 0 Å². The Morgan fingerprint density at radius 3 is 1.82 bits per heavy atom. The van der Waals surface area contributed by atoms with Gasteiger partial charge in [0.25, 0.3) is 0 Å². The number of aliphatic hydroxyl groups is 1. The predicted molar refractivity (Wildman–Crippen MR) is 113 cm³/mol. The van der Waals surface area contributed by atoms with E-state index in [9.17, 15) is 13.5 Å². The summed E-state index contributed by atoms with van der Waals surface area (Å²) in [6.45, 7) is 10.5. The summed E-state index contributed by atoms with van der Waals surface area (Å²) in [6.07, 6.45) is 1.45. The molecule has 1 aliphatic heterocycles. The molecule has 3 rings (SSSR count). The fraction of sp³-hybridized carbons (Fsp3) is 0.478. The molecule has 0 bridgehead atoms. The molecule has 0 amide bonds. The summed E-state index contributed by atoms with van der Waals surface area (Å²) in [7, 11) is -3.59. The van der Waals surface area contributed by atoms with Crippen LogP contribution in [0.5, 0.6) is 0 Å². The van der Waals surface area contributed by atoms with Crippen molar-refractivity contribution in [3.63, 3.8) is 0 Å². The second kappa shape index (κ2) is 7.62. The van der Waals surface area contributed by atoms with Crippen LogP contribution in [0.1, 0.15) is 46.2 Å². The van der Waals surface area contributed by atoms with Gasteiger partial charge in [-0.05, 0) is 80.8 Å². The summed E-state index contributed by atoms with van der Waals surface area (Å²) in [5, 5.41) is 11.0. The number of rotatable bonds is 4. The van der Waals surface area contributed by atoms with Gasteiger partial charge < -0.3 is 5.11 Å². The zero-order valence-corrected chi connectivity index (χ0v) is 18.4. The maximum atomic E-state index is 13.5. The summed E-state index contributed by atoms with van der Waals surface area (Å²) < 4.78 is 28.5. The number of sulfonamides is 1. The molecule has 1 heterocycles. The van der Waals surface area contributed by atoms with Gasteiger partial charge in [-0.25, -0.2) is 8.42 Å². The molecule has 0 radical (unpaired) electrons. The van der Waals surface area contributed by atoms with E-state index in [0.29, 0.717) is 37.2 Å². The Hall–Kier alpha value is -1.69. The van der Waals surface area contributed by atoms with Gasteiger partial charge in [0.05, 0.1) is 10.5 Å². The summed E-state index contributed by atoms with van der Waals surface area (Å²) in [6, 6.07) is 9.90. The molecule has 2 aromatic rings. The Bertz CT molecular complexity index is 944. The molecular formula is C23H31NO3S. The third-order valence-electron chi connectivity index (χ3n) is 6.56. The van der Waals surface area contributed by atoms with Gasteiger partial charge in [-0.1, -0.05) is 30.3 Å². The molecule has 0 aliphatic carbocycles. The van der Waals surface area contributed by atoms with Crippen LogP contribution < -0.4 is 0 Å². The van der Waals surface area contributed by atoms with E-state index in [0.717, 1.165) is 33.4 Å². The Morgan fingerprint density at radius 1 is 0.857 bits per heavy atom. The second-order valence-electron chi connectivity index (χ2n) is 8.24. The highest BCUT2D eigenvalue weighted by atomic mass is 32.2. The summed E-state index contributed by atoms with van der Waals surface area (Å²) >= 11 is 0. The standard InChI is InChI=1S/C23H31NO3S/c1-16-17(2)19(4)22(20(5)18(16)3)28(26,27)24-13-11-23(25,12-14-24)15-21-9-7-6-8-10-21/h6-10,25H,11-15H2,1-5H3. The Balaban J connectivity index is 1.85. The van der Waals surface area contributed by atoms with Crippen LogP contribution in [-0.2, 0) is 16.4 Å². The number of nitrogens with zero attached hydrogens (tertiary/aromatic N) is 1. The van der Waals surface area contributed by atoms with Crippen LogP contribution in [0.4, 0.5) is 0 Å². The molecule has 0 saturated carbocycles. The fourth-order valence-corrected chi connectivity index (χ4v) is 6.28. The van der Waals surface area contributed by atoms with Gasteiger partial charge >= 0.3 is 0 Å². The van der Waals surface area contributed by atoms with Crippen LogP contribution in [0, 0.1) is 34.6 Å². The Morgan fingerprint density at radius 2 is 1.32 bits per heavy atom. The van der Waals surface area contributed by atoms with Crippen LogP contribution in [-0.4, -0.2) is 36.5 Å². The van der Waals surface area contributed by atoms with Gasteiger partial charge in [-0.2, -0.15) is 4.31 Å². The largest absolute Gasteiger partial charge is 0.389 e. The zero-order valence-electron chi connectivity index (χ0n) is 17.5. The molecule has 152 valence electrons. The van der Waals surface area contributed by atoms with Crippen LogP contribution in [0.2, 0.25) is 0 Å². The quantitative estimate of drug-likeness (QED) is 0.843. The van der Waals surface area contributed by atoms with Gasteiger partial charge in [-0.15, -0.1) is 0 Å². The minimum absolute atomic E-state index is 0.344. The fourth-order valence-electron chi connectivity index (χ4n) is 4.28. The van der Waals surface area contributed by atoms with Crippen molar-refractivity contribution >= 4 is 10.0 Å². The van der Waals surface area contributed by atoms with Crippen LogP contribution in [0.25, 0.3) is 0 Å². The van der Waals surface area contributed by atoms with E-state index in [1.165, 1.54) is 0 Å². The molecular weight excluding hydrogens is 370 g/mol. The summed E-state index contributed by atoms with van der Waals surface area (Å²) in [5.74, 6) is 0. The molecule has 0 unspecified atom stereocenters. The van der Waals surface area contributed by atoms with Gasteiger partial charge in [0.15, 0.2) is 0 Å². The number of hydrogen-bond acceptors (Lipinski definition) is 3. The first-order valence-electron chi connectivity index (χ1n) is 9.90. The Labute approximate surface area is 169 Å². The van der Waals surface area contributed by atoms with Gasteiger partial charge in [0.2, 0.25) is 10.0 Å². The van der Waals surface area contributed by atoms with E-state index in [1.807, 2.05) is 65.0 Å². The van der Waals surface area contributed by atoms with Crippen molar-refractivity contribution < 1.29 is 13.5 Å². The molecule has 1 fully saturated rings. The first kappa shape index (κ1) is 21.0. The van der Waals surface area contributed by atoms with E-state index in [2.05, 4.69) is 0 Å². The van der Waals surface area contributed by atoms with Gasteiger partial charge in [0, 0.05) is 19.5 Å². The van der Waals surface area contributed by atoms with Crippen molar-refractivity contribution in [3.05, 3.63) is 63.7 Å². The van der Waals surface area contributed by atoms with Crippen LogP contribution in [0.15, 0.2) is 35.2 Å². The maximum Gasteiger partial charge on any atom is 0.243 e. The maximum absolute atomic E-state index is 13.5. The molecule has 28 heavy (non-hydrogen) atoms. The van der Waals surface area contributed by atoms with Crippen molar-refractivity contribution in [2.24, 2.45) is 0 Å². The monoisotopic (exact) mass is 401 g/mol. The summed E-state index contributed by atoms with van der Waals surface area (Å²) in [5.41, 5.74) is 5.15. The van der Waals surface area contributed by atoms with Crippen molar-refractivity contribution in [2.75, 3.05) is 13.1 Å². The minimum Gasteiger partial charge on any atom is -0.389 e. The van der Waals surface area contributed by atoms with Crippen molar-refractivity contribution in [3.8, 4) is 0 Å². The molecule has 1 N–H and O–H groups in total. The van der Waals surface area contributed by atoms with E-state index in [-0.39, 0.29) is 0 Å². The van der Waals surface area contributed by atoms with Crippen molar-refractivity contribution in [1.29, 1.82) is 0 Å². The third-order valence-corrected chi connectivity index (χ3v) is 8.73. The SMILES string of the molecule is Cc1c(C)c(C)c(S(=O)(=O)N2CCC(O)(Cc3ccccc3)CC2)c(C)c1C. The van der Waals surface area contributed by atoms with E-state index in [4.69, 9.17) is 0 Å². The second-order valence-corrected chi connectivity index (χ2v) is 10.1. The lowest BCUT2D eigenvalue weighted by Gasteiger charge is -2.38. The number of hydrogen-bond donors (Lipinski definition) is 1. The lowest BCUT2D eigenvalue weighted by atomic mass is 9.86. The molecule has 0 atom stereocenters. The molecule has 0 spiro atoms. The van der Waals surface area contributed by atoms with E-state index >= 15 is 0 Å². The molecule has 5 heteroatoms. The highest BCUT2D eigenvalue weighted by Crippen LogP contribution is 2.34. The molecule has 0 aromatic heterocycles. The van der Waals surface area contributed by atoms with Crippen molar-refractivity contribution in [1.82, 2.24) is 4.31 Å². The minimum atomic E-state index is -3.59. The third kappa shape index (κ3) is 3.76. The van der Waals surface area contributed by atoms with Crippen molar-refractivity contribution in [2.45, 2.75) is 64.4 Å². The normalized spacial score (nSPS) is 17.6. The highest BCUT2D eigenvalue weighted by Gasteiger charge is 2.38. The van der Waals surface area contributed by atoms with Crippen LogP contribution in [0.3, 0.4) is 0 Å². The molecule has 1 aliphatic rings. The lowest BCUT2D eigenvalue weighted by Crippen LogP contribution is -2.47. The molecule has 2 aromatic carbocycles. The molecule has 4 nitrogen and oxygen atoms in total. The highest BCUT2D eigenvalue weighted by molar-refractivity contribution is 7.89. The summed E-state index contributed by atoms with van der Waals surface area (Å²) in [4.78, 5) is 0.446. The van der Waals surface area contributed by atoms with E-state index < -0.39 is 15.6 Å². The number of piperidine rings is 1. The first-order valence-corrected chi connectivity index (χ1v) is 11.3. The lowest BCUT2D eigenvalue weighted by molar-refractivity contribution is -0.00442. The first-order chi connectivity index (χ1) is 13.1. The van der Waals surface area contributed by atoms with Crippen LogP contribution >= 0.6 is 0 Å². The Kier molecular flexibility index (Phi) is 5.72. The zero-order chi connectivity index (χ0) is 20.7. The molecule has 1 saturated heterocycles. The van der Waals surface area contributed by atoms with E-state index in [1.54, 1.807) is 4.31 Å². The average molecular weight is 402 g/mol. The number of benzene rings is 2. The average Bonchev–Trinajstić information content (AvgIpc) is 2.65. The smallest absolute Gasteiger partial charge is 0.243 e. The predicted octanol–water partition coefficient (Wildman–Crippen LogP) is 3.99. The van der Waals surface area contributed by atoms with Gasteiger partial charge in [-0.3, -0.25) is 0 Å².